The van der Waals surface area contributed by atoms with Crippen molar-refractivity contribution < 1.29 is 14.3 Å². The minimum absolute atomic E-state index is 0.0369. The number of hydrogen-bond acceptors (Lipinski definition) is 7. The summed E-state index contributed by atoms with van der Waals surface area (Å²) >= 11 is 1.28. The maximum Gasteiger partial charge on any atom is 0.258 e. The molecule has 0 radical (unpaired) electrons. The van der Waals surface area contributed by atoms with Gasteiger partial charge in [0, 0.05) is 11.0 Å². The third-order valence-electron chi connectivity index (χ3n) is 5.42. The number of nitrogens with zero attached hydrogens (tertiary/aromatic N) is 3. The molecule has 0 fully saturated rings. The van der Waals surface area contributed by atoms with Crippen LogP contribution >= 0.6 is 11.8 Å². The number of ether oxygens (including phenoxy) is 2. The van der Waals surface area contributed by atoms with Gasteiger partial charge in [-0.1, -0.05) is 36.0 Å². The Hall–Kier alpha value is -4.14. The van der Waals surface area contributed by atoms with E-state index in [0.29, 0.717) is 34.5 Å². The second-order valence-electron chi connectivity index (χ2n) is 7.42. The van der Waals surface area contributed by atoms with Gasteiger partial charge < -0.3 is 15.2 Å². The lowest BCUT2D eigenvalue weighted by atomic mass is 9.83. The second-order valence-corrected chi connectivity index (χ2v) is 8.45. The summed E-state index contributed by atoms with van der Waals surface area (Å²) in [6.45, 7) is 4.89. The van der Waals surface area contributed by atoms with Gasteiger partial charge in [0.2, 0.25) is 0 Å². The summed E-state index contributed by atoms with van der Waals surface area (Å²) in [5.74, 6) is 0.373. The molecule has 1 atom stereocenters. The minimum atomic E-state index is -0.683. The highest BCUT2D eigenvalue weighted by atomic mass is 32.2. The molecule has 2 heterocycles. The molecular formula is C26H22N4O3S. The minimum Gasteiger partial charge on any atom is -0.494 e. The van der Waals surface area contributed by atoms with E-state index < -0.39 is 11.8 Å². The predicted molar refractivity (Wildman–Crippen MR) is 130 cm³/mol. The molecule has 0 aliphatic carbocycles. The molecule has 1 amide bonds. The van der Waals surface area contributed by atoms with Crippen molar-refractivity contribution in [2.45, 2.75) is 19.8 Å². The maximum absolute atomic E-state index is 13.1. The number of fused-ring (bicyclic) bond motifs is 1. The first-order chi connectivity index (χ1) is 16.5. The van der Waals surface area contributed by atoms with E-state index in [0.717, 1.165) is 16.9 Å². The number of carbonyl (C=O) groups excluding carboxylic acids is 1. The van der Waals surface area contributed by atoms with Crippen molar-refractivity contribution >= 4 is 22.6 Å². The summed E-state index contributed by atoms with van der Waals surface area (Å²) in [6, 6.07) is 19.0. The van der Waals surface area contributed by atoms with Crippen LogP contribution in [0.4, 0.5) is 0 Å². The lowest BCUT2D eigenvalue weighted by molar-refractivity contribution is -0.122. The zero-order valence-electron chi connectivity index (χ0n) is 18.7. The number of allylic oxidation sites excluding steroid dienone is 2. The fourth-order valence-electron chi connectivity index (χ4n) is 3.91. The number of rotatable bonds is 6. The first-order valence-corrected chi connectivity index (χ1v) is 11.6. The number of benzene rings is 2. The quantitative estimate of drug-likeness (QED) is 0.655. The van der Waals surface area contributed by atoms with Gasteiger partial charge in [-0.05, 0) is 49.2 Å². The summed E-state index contributed by atoms with van der Waals surface area (Å²) in [4.78, 5) is 15.0. The summed E-state index contributed by atoms with van der Waals surface area (Å²) in [5.41, 5.74) is 8.32. The Labute approximate surface area is 202 Å². The van der Waals surface area contributed by atoms with Crippen LogP contribution in [-0.2, 0) is 4.79 Å². The molecule has 8 heteroatoms. The van der Waals surface area contributed by atoms with Gasteiger partial charge in [0.1, 0.15) is 22.3 Å². The van der Waals surface area contributed by atoms with E-state index in [1.165, 1.54) is 22.7 Å². The molecule has 0 bridgehead atoms. The van der Waals surface area contributed by atoms with Crippen molar-refractivity contribution in [3.8, 4) is 23.6 Å². The fraction of sp³-hybridized carbons (Fsp3) is 0.192. The Bertz CT molecular complexity index is 1300. The number of nitrogens with two attached hydrogens (primary N) is 1. The van der Waals surface area contributed by atoms with Gasteiger partial charge in [0.15, 0.2) is 0 Å². The third kappa shape index (κ3) is 4.12. The molecule has 2 N–H and O–H groups in total. The van der Waals surface area contributed by atoms with Crippen LogP contribution < -0.4 is 15.2 Å². The average Bonchev–Trinajstić information content (AvgIpc) is 2.85. The maximum atomic E-state index is 13.1. The molecule has 0 saturated carbocycles. The first kappa shape index (κ1) is 23.0. The third-order valence-corrected chi connectivity index (χ3v) is 6.59. The molecule has 0 saturated heterocycles. The van der Waals surface area contributed by atoms with Gasteiger partial charge >= 0.3 is 0 Å². The van der Waals surface area contributed by atoms with E-state index in [-0.39, 0.29) is 11.4 Å². The SMILES string of the molecule is CCOc1ccc(C2=CC(=O)N3C(N)=C(C#N)C(c4ccc(OCC)cc4)C(C#N)=C3S2)cc1. The van der Waals surface area contributed by atoms with Crippen LogP contribution in [0.3, 0.4) is 0 Å². The average molecular weight is 471 g/mol. The van der Waals surface area contributed by atoms with E-state index in [2.05, 4.69) is 12.1 Å². The number of nitriles is 2. The summed E-state index contributed by atoms with van der Waals surface area (Å²) in [6.07, 6.45) is 1.47. The van der Waals surface area contributed by atoms with E-state index >= 15 is 0 Å². The van der Waals surface area contributed by atoms with Gasteiger partial charge in [0.25, 0.3) is 5.91 Å². The van der Waals surface area contributed by atoms with Crippen LogP contribution in [0, 0.1) is 22.7 Å². The Morgan fingerprint density at radius 1 is 0.941 bits per heavy atom. The molecule has 2 aliphatic rings. The molecule has 1 unspecified atom stereocenters. The van der Waals surface area contributed by atoms with E-state index in [1.54, 1.807) is 12.1 Å². The topological polar surface area (TPSA) is 112 Å². The molecular weight excluding hydrogens is 448 g/mol. The summed E-state index contributed by atoms with van der Waals surface area (Å²) in [5, 5.41) is 20.5. The van der Waals surface area contributed by atoms with Crippen LogP contribution in [0.25, 0.3) is 4.91 Å². The van der Waals surface area contributed by atoms with Crippen molar-refractivity contribution in [2.24, 2.45) is 5.73 Å². The van der Waals surface area contributed by atoms with Crippen LogP contribution in [0.1, 0.15) is 30.9 Å². The highest BCUT2D eigenvalue weighted by Gasteiger charge is 2.40. The van der Waals surface area contributed by atoms with Crippen molar-refractivity contribution in [1.82, 2.24) is 4.90 Å². The van der Waals surface area contributed by atoms with Crippen LogP contribution in [-0.4, -0.2) is 24.0 Å². The molecule has 7 nitrogen and oxygen atoms in total. The van der Waals surface area contributed by atoms with Gasteiger partial charge in [-0.15, -0.1) is 0 Å². The number of hydrogen-bond donors (Lipinski definition) is 1. The van der Waals surface area contributed by atoms with Crippen molar-refractivity contribution in [2.75, 3.05) is 13.2 Å². The number of carbonyl (C=O) groups is 1. The van der Waals surface area contributed by atoms with E-state index in [4.69, 9.17) is 15.2 Å². The second kappa shape index (κ2) is 9.78. The highest BCUT2D eigenvalue weighted by molar-refractivity contribution is 8.11. The zero-order valence-corrected chi connectivity index (χ0v) is 19.6. The molecule has 2 aromatic rings. The molecule has 4 rings (SSSR count). The lowest BCUT2D eigenvalue weighted by Gasteiger charge is -2.36. The van der Waals surface area contributed by atoms with E-state index in [9.17, 15) is 15.3 Å². The van der Waals surface area contributed by atoms with E-state index in [1.807, 2.05) is 50.2 Å². The molecule has 2 aliphatic heterocycles. The lowest BCUT2D eigenvalue weighted by Crippen LogP contribution is -2.39. The Balaban J connectivity index is 1.79. The molecule has 2 aromatic carbocycles. The Morgan fingerprint density at radius 3 is 2.03 bits per heavy atom. The molecule has 170 valence electrons. The van der Waals surface area contributed by atoms with Gasteiger partial charge in [-0.25, -0.2) is 0 Å². The first-order valence-electron chi connectivity index (χ1n) is 10.8. The Kier molecular flexibility index (Phi) is 6.62. The number of amides is 1. The van der Waals surface area contributed by atoms with Crippen molar-refractivity contribution in [3.63, 3.8) is 0 Å². The monoisotopic (exact) mass is 470 g/mol. The summed E-state index contributed by atoms with van der Waals surface area (Å²) < 4.78 is 11.0. The van der Waals surface area contributed by atoms with Crippen LogP contribution in [0.2, 0.25) is 0 Å². The van der Waals surface area contributed by atoms with Crippen molar-refractivity contribution in [3.05, 3.63) is 87.7 Å². The predicted octanol–water partition coefficient (Wildman–Crippen LogP) is 4.63. The zero-order chi connectivity index (χ0) is 24.2. The van der Waals surface area contributed by atoms with Crippen LogP contribution in [0.15, 0.2) is 76.6 Å². The van der Waals surface area contributed by atoms with Gasteiger partial charge in [0.05, 0.1) is 42.4 Å². The van der Waals surface area contributed by atoms with Crippen LogP contribution in [0.5, 0.6) is 11.5 Å². The standard InChI is InChI=1S/C26H22N4O3S/c1-3-32-18-9-5-16(6-10-18)22-13-23(31)30-25(29)20(14-27)24(21(15-28)26(30)34-22)17-7-11-19(12-8-17)33-4-2/h5-13,24H,3-4,29H2,1-2H3. The summed E-state index contributed by atoms with van der Waals surface area (Å²) in [7, 11) is 0. The smallest absolute Gasteiger partial charge is 0.258 e. The molecule has 0 aromatic heterocycles. The number of thioether (sulfide) groups is 1. The molecule has 0 spiro atoms. The Morgan fingerprint density at radius 2 is 1.50 bits per heavy atom. The largest absolute Gasteiger partial charge is 0.494 e. The van der Waals surface area contributed by atoms with Gasteiger partial charge in [-0.2, -0.15) is 10.5 Å². The van der Waals surface area contributed by atoms with Gasteiger partial charge in [-0.3, -0.25) is 9.69 Å². The fourth-order valence-corrected chi connectivity index (χ4v) is 5.09. The highest BCUT2D eigenvalue weighted by Crippen LogP contribution is 2.49. The van der Waals surface area contributed by atoms with Crippen molar-refractivity contribution in [1.29, 1.82) is 10.5 Å². The molecule has 34 heavy (non-hydrogen) atoms. The normalized spacial score (nSPS) is 17.5.